The third-order valence-corrected chi connectivity index (χ3v) is 16.0. The summed E-state index contributed by atoms with van der Waals surface area (Å²) in [6.07, 6.45) is 8.23. The van der Waals surface area contributed by atoms with Crippen molar-refractivity contribution in [2.45, 2.75) is 147 Å². The SMILES string of the molecule is CCCCCCCCCCCCCCCC(=O)OCSP(=O)(OC[C@H]1O[C@@H](n2cnc3c(N)ncnc32)[C@H](F)[C@@H]1C)O[C@H]1[C@@H](F)[C@H](n2cnc3c(N)ncnc32)O[C@@H]1COP(=O)(O)COC. The molecule has 6 heterocycles. The lowest BCUT2D eigenvalue weighted by molar-refractivity contribution is -0.141. The van der Waals surface area contributed by atoms with Gasteiger partial charge in [0, 0.05) is 30.8 Å². The van der Waals surface area contributed by atoms with Crippen LogP contribution in [0.15, 0.2) is 25.3 Å². The summed E-state index contributed by atoms with van der Waals surface area (Å²) in [5, 5.41) is 0. The zero-order valence-corrected chi connectivity index (χ0v) is 40.1. The van der Waals surface area contributed by atoms with Crippen LogP contribution in [0.25, 0.3) is 22.3 Å². The van der Waals surface area contributed by atoms with E-state index in [-0.39, 0.29) is 40.4 Å². The Kier molecular flexibility index (Phi) is 19.5. The summed E-state index contributed by atoms with van der Waals surface area (Å²) in [6.45, 7) is -2.12. The number of nitrogens with two attached hydrogens (primary N) is 2. The maximum atomic E-state index is 16.9. The first kappa shape index (κ1) is 51.9. The summed E-state index contributed by atoms with van der Waals surface area (Å²) in [7, 11) is -3.19. The maximum Gasteiger partial charge on any atom is 0.392 e. The second-order valence-corrected chi connectivity index (χ2v) is 22.2. The minimum absolute atomic E-state index is 0.0123. The Morgan fingerprint density at radius 2 is 1.29 bits per heavy atom. The Balaban J connectivity index is 1.12. The number of rotatable bonds is 29. The van der Waals surface area contributed by atoms with Crippen LogP contribution < -0.4 is 11.5 Å². The number of imidazole rings is 2. The highest BCUT2D eigenvalue weighted by Gasteiger charge is 2.52. The smallest absolute Gasteiger partial charge is 0.392 e. The molecule has 4 aromatic rings. The zero-order chi connectivity index (χ0) is 47.3. The molecule has 0 spiro atoms. The van der Waals surface area contributed by atoms with Gasteiger partial charge < -0.3 is 39.8 Å². The highest BCUT2D eigenvalue weighted by atomic mass is 32.7. The van der Waals surface area contributed by atoms with Crippen molar-refractivity contribution in [1.29, 1.82) is 0 Å². The van der Waals surface area contributed by atoms with E-state index in [4.69, 9.17) is 44.0 Å². The van der Waals surface area contributed by atoms with E-state index >= 15 is 8.78 Å². The lowest BCUT2D eigenvalue weighted by Gasteiger charge is -2.26. The number of nitrogens with zero attached hydrogens (tertiary/aromatic N) is 8. The van der Waals surface area contributed by atoms with E-state index < -0.39 is 94.9 Å². The van der Waals surface area contributed by atoms with E-state index in [1.807, 2.05) is 0 Å². The lowest BCUT2D eigenvalue weighted by atomic mass is 10.0. The Bertz CT molecular complexity index is 2270. The molecule has 5 N–H and O–H groups in total. The molecule has 2 fully saturated rings. The minimum atomic E-state index is -4.64. The molecule has 0 saturated carbocycles. The molecular weight excluding hydrogens is 929 g/mol. The number of hydrogen-bond donors (Lipinski definition) is 3. The van der Waals surface area contributed by atoms with Crippen molar-refractivity contribution in [1.82, 2.24) is 39.0 Å². The van der Waals surface area contributed by atoms with Crippen LogP contribution in [0, 0.1) is 5.92 Å². The van der Waals surface area contributed by atoms with Crippen molar-refractivity contribution in [2.75, 3.05) is 44.1 Å². The van der Waals surface area contributed by atoms with Crippen molar-refractivity contribution in [2.24, 2.45) is 5.92 Å². The molecule has 4 aromatic heterocycles. The summed E-state index contributed by atoms with van der Waals surface area (Å²) >= 11 is 0.457. The third-order valence-electron chi connectivity index (χ3n) is 11.6. The maximum absolute atomic E-state index is 16.9. The van der Waals surface area contributed by atoms with Crippen LogP contribution in [-0.2, 0) is 46.4 Å². The molecule has 6 rings (SSSR count). The fourth-order valence-corrected chi connectivity index (χ4v) is 11.5. The van der Waals surface area contributed by atoms with Gasteiger partial charge in [-0.05, 0) is 6.42 Å². The number of unbranched alkanes of at least 4 members (excludes halogenated alkanes) is 12. The standard InChI is InChI=1S/C40H62F2N10O11P2S/c1-4-5-6-7-8-9-10-11-12-13-14-15-16-17-29(53)58-25-66-65(56,60-18-27-26(2)30(41)39(61-27)51-22-49-32-35(43)45-20-47-37(32)51)63-34-28(19-59-64(54,55)24-57-3)62-40(31(34)42)52-23-50-33-36(44)46-21-48-38(33)52/h20-23,26-28,30-31,34,39-40H,4-19,24-25H2,1-3H3,(H,54,55)(H2,43,45,47)(H2,44,46,48)/t26-,27-,28-,30-,31-,34-,39-,40-,65?/m1/s1. The number of aromatic nitrogens is 8. The van der Waals surface area contributed by atoms with E-state index in [0.29, 0.717) is 17.8 Å². The summed E-state index contributed by atoms with van der Waals surface area (Å²) in [6, 6.07) is 0. The Hall–Kier alpha value is -3.44. The number of anilines is 2. The summed E-state index contributed by atoms with van der Waals surface area (Å²) < 4.78 is 102. The van der Waals surface area contributed by atoms with Gasteiger partial charge in [-0.1, -0.05) is 90.9 Å². The number of esters is 1. The monoisotopic (exact) mass is 990 g/mol. The van der Waals surface area contributed by atoms with Crippen molar-refractivity contribution in [3.8, 4) is 0 Å². The molecule has 21 nitrogen and oxygen atoms in total. The van der Waals surface area contributed by atoms with Crippen LogP contribution >= 0.6 is 25.8 Å². The van der Waals surface area contributed by atoms with Crippen LogP contribution in [0.5, 0.6) is 0 Å². The van der Waals surface area contributed by atoms with Crippen LogP contribution in [0.4, 0.5) is 20.4 Å². The predicted octanol–water partition coefficient (Wildman–Crippen LogP) is 7.97. The molecule has 0 aliphatic carbocycles. The molecule has 2 aliphatic rings. The number of fused-ring (bicyclic) bond motifs is 2. The van der Waals surface area contributed by atoms with Crippen molar-refractivity contribution in [3.63, 3.8) is 0 Å². The van der Waals surface area contributed by atoms with Gasteiger partial charge in [-0.2, -0.15) is 0 Å². The van der Waals surface area contributed by atoms with Gasteiger partial charge in [-0.15, -0.1) is 0 Å². The first-order valence-corrected chi connectivity index (χ1v) is 27.3. The summed E-state index contributed by atoms with van der Waals surface area (Å²) in [4.78, 5) is 47.7. The molecule has 2 unspecified atom stereocenters. The van der Waals surface area contributed by atoms with Crippen LogP contribution in [0.1, 0.15) is 116 Å². The molecular formula is C40H62F2N10O11P2S. The highest BCUT2D eigenvalue weighted by Crippen LogP contribution is 2.63. The third kappa shape index (κ3) is 13.6. The van der Waals surface area contributed by atoms with E-state index in [2.05, 4.69) is 36.8 Å². The first-order valence-electron chi connectivity index (χ1n) is 22.4. The van der Waals surface area contributed by atoms with Gasteiger partial charge in [0.2, 0.25) is 0 Å². The average Bonchev–Trinajstić information content (AvgIpc) is 4.06. The number of carbonyl (C=O) groups excluding carboxylic acids is 1. The zero-order valence-electron chi connectivity index (χ0n) is 37.5. The molecule has 0 bridgehead atoms. The molecule has 10 atom stereocenters. The number of hydrogen-bond acceptors (Lipinski definition) is 19. The van der Waals surface area contributed by atoms with Crippen LogP contribution in [0.3, 0.4) is 0 Å². The lowest BCUT2D eigenvalue weighted by Crippen LogP contribution is -2.34. The van der Waals surface area contributed by atoms with Gasteiger partial charge in [0.25, 0.3) is 0 Å². The Labute approximate surface area is 386 Å². The fourth-order valence-electron chi connectivity index (χ4n) is 7.86. The normalized spacial score (nSPS) is 25.1. The van der Waals surface area contributed by atoms with E-state index in [1.54, 1.807) is 6.92 Å². The van der Waals surface area contributed by atoms with Crippen molar-refractivity contribution >= 4 is 65.7 Å². The quantitative estimate of drug-likeness (QED) is 0.0201. The van der Waals surface area contributed by atoms with Gasteiger partial charge in [-0.25, -0.2) is 43.2 Å². The summed E-state index contributed by atoms with van der Waals surface area (Å²) in [5.41, 5.74) is 12.6. The average molecular weight is 991 g/mol. The molecule has 2 saturated heterocycles. The molecule has 368 valence electrons. The fraction of sp³-hybridized carbons (Fsp3) is 0.725. The van der Waals surface area contributed by atoms with Gasteiger partial charge in [0.05, 0.1) is 32.0 Å². The number of nitrogen functional groups attached to an aromatic ring is 2. The first-order chi connectivity index (χ1) is 31.8. The molecule has 2 aliphatic heterocycles. The predicted molar refractivity (Wildman–Crippen MR) is 241 cm³/mol. The topological polar surface area (TPSA) is 275 Å². The van der Waals surface area contributed by atoms with E-state index in [1.165, 1.54) is 86.6 Å². The number of methoxy groups -OCH3 is 1. The van der Waals surface area contributed by atoms with Crippen LogP contribution in [0.2, 0.25) is 0 Å². The molecule has 0 amide bonds. The van der Waals surface area contributed by atoms with Gasteiger partial charge in [-0.3, -0.25) is 27.5 Å². The Morgan fingerprint density at radius 1 is 0.773 bits per heavy atom. The highest BCUT2D eigenvalue weighted by molar-refractivity contribution is 8.55. The van der Waals surface area contributed by atoms with Crippen LogP contribution in [-0.4, -0.2) is 113 Å². The van der Waals surface area contributed by atoms with Gasteiger partial charge >= 0.3 is 20.4 Å². The van der Waals surface area contributed by atoms with Gasteiger partial charge in [0.1, 0.15) is 48.2 Å². The van der Waals surface area contributed by atoms with Crippen molar-refractivity contribution in [3.05, 3.63) is 25.3 Å². The second-order valence-electron chi connectivity index (χ2n) is 16.5. The minimum Gasteiger partial charge on any atom is -0.454 e. The van der Waals surface area contributed by atoms with E-state index in [9.17, 15) is 18.8 Å². The molecule has 0 radical (unpaired) electrons. The molecule has 66 heavy (non-hydrogen) atoms. The number of halogens is 2. The van der Waals surface area contributed by atoms with Crippen molar-refractivity contribution < 1.29 is 60.1 Å². The van der Waals surface area contributed by atoms with E-state index in [0.717, 1.165) is 32.0 Å². The van der Waals surface area contributed by atoms with Gasteiger partial charge in [0.15, 0.2) is 47.7 Å². The molecule has 26 heteroatoms. The largest absolute Gasteiger partial charge is 0.454 e. The number of ether oxygens (including phenoxy) is 4. The number of carbonyl (C=O) groups is 1. The number of alkyl halides is 2. The summed E-state index contributed by atoms with van der Waals surface area (Å²) in [5.74, 6) is -1.82. The molecule has 0 aromatic carbocycles. The Morgan fingerprint density at radius 3 is 1.85 bits per heavy atom. The second kappa shape index (κ2) is 24.7.